The number of amides is 1. The molecule has 3 heterocycles. The van der Waals surface area contributed by atoms with Crippen LogP contribution >= 0.6 is 0 Å². The highest BCUT2D eigenvalue weighted by molar-refractivity contribution is 5.91. The molecule has 1 aromatic carbocycles. The van der Waals surface area contributed by atoms with Crippen molar-refractivity contribution in [3.63, 3.8) is 0 Å². The third-order valence-electron chi connectivity index (χ3n) is 4.45. The van der Waals surface area contributed by atoms with E-state index in [9.17, 15) is 4.79 Å². The Labute approximate surface area is 145 Å². The number of carbonyl (C=O) groups excluding carboxylic acids is 1. The molecule has 0 aliphatic carbocycles. The third kappa shape index (κ3) is 2.91. The number of hydrogen-bond donors (Lipinski definition) is 0. The zero-order valence-corrected chi connectivity index (χ0v) is 14.3. The molecule has 6 nitrogen and oxygen atoms in total. The maximum Gasteiger partial charge on any atom is 0.293 e. The summed E-state index contributed by atoms with van der Waals surface area (Å²) in [6.45, 7) is 5.08. The number of nitrogens with zero attached hydrogens (tertiary/aromatic N) is 5. The normalized spacial score (nSPS) is 14.6. The van der Waals surface area contributed by atoms with Crippen molar-refractivity contribution in [2.75, 3.05) is 13.1 Å². The Morgan fingerprint density at radius 1 is 1.12 bits per heavy atom. The Morgan fingerprint density at radius 2 is 1.92 bits per heavy atom. The summed E-state index contributed by atoms with van der Waals surface area (Å²) in [7, 11) is 0. The second-order valence-electron chi connectivity index (χ2n) is 6.28. The Balaban J connectivity index is 1.56. The first-order valence-electron chi connectivity index (χ1n) is 8.36. The Hall–Kier alpha value is -3.02. The van der Waals surface area contributed by atoms with Gasteiger partial charge in [-0.2, -0.15) is 4.98 Å². The lowest BCUT2D eigenvalue weighted by Crippen LogP contribution is -2.35. The maximum atomic E-state index is 12.7. The van der Waals surface area contributed by atoms with Gasteiger partial charge in [0.2, 0.25) is 5.82 Å². The molecule has 0 atom stereocenters. The lowest BCUT2D eigenvalue weighted by Gasteiger charge is -2.25. The van der Waals surface area contributed by atoms with Crippen molar-refractivity contribution < 1.29 is 4.79 Å². The molecule has 0 N–H and O–H groups in total. The molecular weight excluding hydrogens is 314 g/mol. The van der Waals surface area contributed by atoms with Gasteiger partial charge in [-0.15, -0.1) is 5.10 Å². The van der Waals surface area contributed by atoms with Gasteiger partial charge in [0.25, 0.3) is 11.7 Å². The minimum absolute atomic E-state index is 0.147. The minimum Gasteiger partial charge on any atom is -0.332 e. The van der Waals surface area contributed by atoms with E-state index in [0.717, 1.165) is 17.8 Å². The van der Waals surface area contributed by atoms with Crippen LogP contribution in [0.1, 0.15) is 34.0 Å². The van der Waals surface area contributed by atoms with Crippen LogP contribution in [-0.4, -0.2) is 43.5 Å². The highest BCUT2D eigenvalue weighted by Crippen LogP contribution is 2.22. The number of carbonyl (C=O) groups is 1. The molecule has 1 amide bonds. The summed E-state index contributed by atoms with van der Waals surface area (Å²) in [5.41, 5.74) is 4.28. The monoisotopic (exact) mass is 333 g/mol. The summed E-state index contributed by atoms with van der Waals surface area (Å²) >= 11 is 0. The molecule has 4 rings (SSSR count). The van der Waals surface area contributed by atoms with Crippen LogP contribution in [0, 0.1) is 13.8 Å². The van der Waals surface area contributed by atoms with E-state index in [-0.39, 0.29) is 11.7 Å². The molecule has 1 aliphatic heterocycles. The molecule has 6 heteroatoms. The molecule has 25 heavy (non-hydrogen) atoms. The molecule has 126 valence electrons. The molecule has 0 saturated carbocycles. The first kappa shape index (κ1) is 15.5. The summed E-state index contributed by atoms with van der Waals surface area (Å²) in [5.74, 6) is 0.530. The van der Waals surface area contributed by atoms with E-state index in [1.54, 1.807) is 9.42 Å². The van der Waals surface area contributed by atoms with Gasteiger partial charge in [0.15, 0.2) is 0 Å². The predicted octanol–water partition coefficient (Wildman–Crippen LogP) is 2.67. The van der Waals surface area contributed by atoms with Gasteiger partial charge in [0, 0.05) is 24.5 Å². The van der Waals surface area contributed by atoms with Crippen LogP contribution in [0.3, 0.4) is 0 Å². The van der Waals surface area contributed by atoms with Gasteiger partial charge in [-0.25, -0.2) is 9.50 Å². The molecule has 0 fully saturated rings. The van der Waals surface area contributed by atoms with E-state index in [4.69, 9.17) is 0 Å². The first-order valence-corrected chi connectivity index (χ1v) is 8.36. The van der Waals surface area contributed by atoms with Crippen molar-refractivity contribution in [2.24, 2.45) is 0 Å². The van der Waals surface area contributed by atoms with Crippen LogP contribution in [0.15, 0.2) is 42.5 Å². The number of benzene rings is 1. The molecule has 1 aliphatic rings. The number of hydrogen-bond acceptors (Lipinski definition) is 4. The topological polar surface area (TPSA) is 63.4 Å². The highest BCUT2D eigenvalue weighted by Gasteiger charge is 2.23. The van der Waals surface area contributed by atoms with Gasteiger partial charge in [0.1, 0.15) is 0 Å². The van der Waals surface area contributed by atoms with Crippen molar-refractivity contribution in [3.8, 4) is 0 Å². The molecule has 0 radical (unpaired) electrons. The molecule has 3 aromatic rings. The SMILES string of the molecule is Cc1cc(C)n2nc(C(=O)N3CC=C(c4ccccc4)CC3)nc2n1. The zero-order valence-electron chi connectivity index (χ0n) is 14.3. The van der Waals surface area contributed by atoms with Gasteiger partial charge in [-0.1, -0.05) is 36.4 Å². The smallest absolute Gasteiger partial charge is 0.293 e. The molecular formula is C19H19N5O. The molecule has 0 bridgehead atoms. The van der Waals surface area contributed by atoms with Crippen molar-refractivity contribution in [1.82, 2.24) is 24.5 Å². The molecule has 2 aromatic heterocycles. The summed E-state index contributed by atoms with van der Waals surface area (Å²) in [6, 6.07) is 12.2. The van der Waals surface area contributed by atoms with Crippen molar-refractivity contribution >= 4 is 17.3 Å². The van der Waals surface area contributed by atoms with Gasteiger partial charge < -0.3 is 4.90 Å². The van der Waals surface area contributed by atoms with E-state index in [1.807, 2.05) is 38.1 Å². The standard InChI is InChI=1S/C19H19N5O/c1-13-12-14(2)24-19(20-13)21-17(22-24)18(25)23-10-8-16(9-11-23)15-6-4-3-5-7-15/h3-8,12H,9-11H2,1-2H3. The van der Waals surface area contributed by atoms with Crippen LogP contribution in [0.2, 0.25) is 0 Å². The van der Waals surface area contributed by atoms with Gasteiger partial charge in [-0.05, 0) is 37.5 Å². The number of fused-ring (bicyclic) bond motifs is 1. The fourth-order valence-corrected chi connectivity index (χ4v) is 3.17. The average molecular weight is 333 g/mol. The van der Waals surface area contributed by atoms with Gasteiger partial charge in [0.05, 0.1) is 0 Å². The molecule has 0 spiro atoms. The second kappa shape index (κ2) is 6.12. The number of aryl methyl sites for hydroxylation is 2. The van der Waals surface area contributed by atoms with E-state index in [1.165, 1.54) is 11.1 Å². The van der Waals surface area contributed by atoms with Crippen molar-refractivity contribution in [1.29, 1.82) is 0 Å². The van der Waals surface area contributed by atoms with E-state index >= 15 is 0 Å². The minimum atomic E-state index is -0.147. The first-order chi connectivity index (χ1) is 12.1. The van der Waals surface area contributed by atoms with Crippen LogP contribution < -0.4 is 0 Å². The van der Waals surface area contributed by atoms with Crippen LogP contribution in [0.4, 0.5) is 0 Å². The lowest BCUT2D eigenvalue weighted by molar-refractivity contribution is 0.0761. The summed E-state index contributed by atoms with van der Waals surface area (Å²) in [4.78, 5) is 23.2. The van der Waals surface area contributed by atoms with Crippen LogP contribution in [0.25, 0.3) is 11.4 Å². The van der Waals surface area contributed by atoms with Crippen LogP contribution in [0.5, 0.6) is 0 Å². The lowest BCUT2D eigenvalue weighted by atomic mass is 9.99. The fraction of sp³-hybridized carbons (Fsp3) is 0.263. The van der Waals surface area contributed by atoms with Gasteiger partial charge >= 0.3 is 0 Å². The largest absolute Gasteiger partial charge is 0.332 e. The van der Waals surface area contributed by atoms with E-state index < -0.39 is 0 Å². The maximum absolute atomic E-state index is 12.7. The summed E-state index contributed by atoms with van der Waals surface area (Å²) in [5, 5.41) is 4.34. The van der Waals surface area contributed by atoms with Crippen molar-refractivity contribution in [3.05, 3.63) is 65.2 Å². The average Bonchev–Trinajstić information content (AvgIpc) is 3.06. The summed E-state index contributed by atoms with van der Waals surface area (Å²) < 4.78 is 1.62. The Bertz CT molecular complexity index is 974. The van der Waals surface area contributed by atoms with Gasteiger partial charge in [-0.3, -0.25) is 4.79 Å². The number of rotatable bonds is 2. The molecule has 0 unspecified atom stereocenters. The molecule has 0 saturated heterocycles. The number of aromatic nitrogens is 4. The van der Waals surface area contributed by atoms with Crippen molar-refractivity contribution in [2.45, 2.75) is 20.3 Å². The second-order valence-corrected chi connectivity index (χ2v) is 6.28. The zero-order chi connectivity index (χ0) is 17.4. The quantitative estimate of drug-likeness (QED) is 0.723. The fourth-order valence-electron chi connectivity index (χ4n) is 3.17. The third-order valence-corrected chi connectivity index (χ3v) is 4.45. The van der Waals surface area contributed by atoms with E-state index in [2.05, 4.69) is 33.3 Å². The Morgan fingerprint density at radius 3 is 2.64 bits per heavy atom. The Kier molecular flexibility index (Phi) is 3.80. The van der Waals surface area contributed by atoms with E-state index in [0.29, 0.717) is 18.9 Å². The highest BCUT2D eigenvalue weighted by atomic mass is 16.2. The van der Waals surface area contributed by atoms with Crippen LogP contribution in [-0.2, 0) is 0 Å². The predicted molar refractivity (Wildman–Crippen MR) is 95.2 cm³/mol. The summed E-state index contributed by atoms with van der Waals surface area (Å²) in [6.07, 6.45) is 2.94.